The van der Waals surface area contributed by atoms with E-state index in [4.69, 9.17) is 4.74 Å². The first kappa shape index (κ1) is 18.3. The highest BCUT2D eigenvalue weighted by molar-refractivity contribution is 7.94. The summed E-state index contributed by atoms with van der Waals surface area (Å²) in [4.78, 5) is 1.03. The summed E-state index contributed by atoms with van der Waals surface area (Å²) >= 11 is 1.28. The molecule has 136 valence electrons. The second kappa shape index (κ2) is 7.84. The van der Waals surface area contributed by atoms with Gasteiger partial charge in [0.1, 0.15) is 4.21 Å². The van der Waals surface area contributed by atoms with Crippen molar-refractivity contribution in [2.24, 2.45) is 0 Å². The molecule has 0 aliphatic rings. The summed E-state index contributed by atoms with van der Waals surface area (Å²) < 4.78 is 33.3. The van der Waals surface area contributed by atoms with E-state index in [9.17, 15) is 8.42 Å². The lowest BCUT2D eigenvalue weighted by molar-refractivity contribution is 0.323. The number of aromatic nitrogens is 2. The van der Waals surface area contributed by atoms with Gasteiger partial charge in [0.15, 0.2) is 0 Å². The van der Waals surface area contributed by atoms with Crippen LogP contribution in [0.15, 0.2) is 52.7 Å². The standard InChI is InChI=1S/C18H19N3O3S2/c1-3-15-8-11-18(25-15)26(22,23)21-14-7-5-6-13(12-14)16-9-10-17(20-19-16)24-4-2/h5-12,21H,3-4H2,1-2H3. The highest BCUT2D eigenvalue weighted by atomic mass is 32.2. The maximum absolute atomic E-state index is 12.6. The van der Waals surface area contributed by atoms with Crippen LogP contribution in [-0.2, 0) is 16.4 Å². The first-order valence-corrected chi connectivity index (χ1v) is 10.5. The van der Waals surface area contributed by atoms with Crippen molar-refractivity contribution in [3.63, 3.8) is 0 Å². The van der Waals surface area contributed by atoms with Gasteiger partial charge in [0.05, 0.1) is 12.3 Å². The third kappa shape index (κ3) is 4.20. The summed E-state index contributed by atoms with van der Waals surface area (Å²) in [5.74, 6) is 0.456. The number of ether oxygens (including phenoxy) is 1. The van der Waals surface area contributed by atoms with E-state index in [2.05, 4.69) is 14.9 Å². The van der Waals surface area contributed by atoms with Gasteiger partial charge in [-0.05, 0) is 43.7 Å². The average Bonchev–Trinajstić information content (AvgIpc) is 3.13. The van der Waals surface area contributed by atoms with E-state index in [-0.39, 0.29) is 0 Å². The van der Waals surface area contributed by atoms with Crippen LogP contribution in [0.2, 0.25) is 0 Å². The molecule has 26 heavy (non-hydrogen) atoms. The molecule has 3 rings (SSSR count). The van der Waals surface area contributed by atoms with Crippen LogP contribution >= 0.6 is 11.3 Å². The van der Waals surface area contributed by atoms with Gasteiger partial charge in [-0.3, -0.25) is 4.72 Å². The monoisotopic (exact) mass is 389 g/mol. The van der Waals surface area contributed by atoms with E-state index in [0.29, 0.717) is 28.1 Å². The Morgan fingerprint density at radius 2 is 1.92 bits per heavy atom. The fraction of sp³-hybridized carbons (Fsp3) is 0.222. The largest absolute Gasteiger partial charge is 0.477 e. The molecule has 0 unspecified atom stereocenters. The molecule has 6 nitrogen and oxygen atoms in total. The van der Waals surface area contributed by atoms with Crippen LogP contribution in [0.25, 0.3) is 11.3 Å². The summed E-state index contributed by atoms with van der Waals surface area (Å²) in [6, 6.07) is 14.1. The summed E-state index contributed by atoms with van der Waals surface area (Å²) in [6.45, 7) is 4.40. The number of rotatable bonds is 7. The minimum absolute atomic E-state index is 0.306. The molecule has 2 heterocycles. The predicted molar refractivity (Wildman–Crippen MR) is 103 cm³/mol. The van der Waals surface area contributed by atoms with Crippen LogP contribution in [0.4, 0.5) is 5.69 Å². The lowest BCUT2D eigenvalue weighted by Gasteiger charge is -2.08. The van der Waals surface area contributed by atoms with Gasteiger partial charge in [0.25, 0.3) is 10.0 Å². The number of anilines is 1. The predicted octanol–water partition coefficient (Wildman–Crippen LogP) is 3.97. The van der Waals surface area contributed by atoms with Crippen molar-refractivity contribution in [2.75, 3.05) is 11.3 Å². The molecule has 0 saturated heterocycles. The second-order valence-corrected chi connectivity index (χ2v) is 8.53. The smallest absolute Gasteiger partial charge is 0.271 e. The Morgan fingerprint density at radius 3 is 2.58 bits per heavy atom. The first-order chi connectivity index (χ1) is 12.5. The van der Waals surface area contributed by atoms with Gasteiger partial charge in [-0.1, -0.05) is 19.1 Å². The molecule has 8 heteroatoms. The van der Waals surface area contributed by atoms with Gasteiger partial charge in [-0.15, -0.1) is 21.5 Å². The summed E-state index contributed by atoms with van der Waals surface area (Å²) in [7, 11) is -3.60. The highest BCUT2D eigenvalue weighted by Crippen LogP contribution is 2.26. The van der Waals surface area contributed by atoms with Crippen molar-refractivity contribution in [1.82, 2.24) is 10.2 Å². The number of thiophene rings is 1. The molecule has 1 N–H and O–H groups in total. The van der Waals surface area contributed by atoms with E-state index >= 15 is 0 Å². The number of hydrogen-bond donors (Lipinski definition) is 1. The van der Waals surface area contributed by atoms with E-state index < -0.39 is 10.0 Å². The quantitative estimate of drug-likeness (QED) is 0.661. The number of hydrogen-bond acceptors (Lipinski definition) is 6. The Labute approximate surface area is 156 Å². The minimum atomic E-state index is -3.60. The highest BCUT2D eigenvalue weighted by Gasteiger charge is 2.17. The van der Waals surface area contributed by atoms with Crippen molar-refractivity contribution in [3.05, 3.63) is 53.4 Å². The zero-order valence-corrected chi connectivity index (χ0v) is 16.1. The average molecular weight is 390 g/mol. The maximum atomic E-state index is 12.6. The lowest BCUT2D eigenvalue weighted by Crippen LogP contribution is -2.11. The zero-order valence-electron chi connectivity index (χ0n) is 14.5. The van der Waals surface area contributed by atoms with E-state index in [1.807, 2.05) is 26.0 Å². The van der Waals surface area contributed by atoms with Gasteiger partial charge >= 0.3 is 0 Å². The Hall–Kier alpha value is -2.45. The van der Waals surface area contributed by atoms with Crippen LogP contribution < -0.4 is 9.46 Å². The Morgan fingerprint density at radius 1 is 1.08 bits per heavy atom. The Balaban J connectivity index is 1.82. The van der Waals surface area contributed by atoms with Crippen LogP contribution in [0.3, 0.4) is 0 Å². The van der Waals surface area contributed by atoms with Crippen molar-refractivity contribution in [3.8, 4) is 17.1 Å². The van der Waals surface area contributed by atoms with Gasteiger partial charge in [-0.25, -0.2) is 8.42 Å². The number of nitrogens with one attached hydrogen (secondary N) is 1. The molecule has 1 aromatic carbocycles. The third-order valence-electron chi connectivity index (χ3n) is 3.59. The van der Waals surface area contributed by atoms with Crippen LogP contribution in [0.1, 0.15) is 18.7 Å². The first-order valence-electron chi connectivity index (χ1n) is 8.20. The van der Waals surface area contributed by atoms with Crippen LogP contribution in [0, 0.1) is 0 Å². The topological polar surface area (TPSA) is 81.2 Å². The van der Waals surface area contributed by atoms with E-state index in [1.54, 1.807) is 36.4 Å². The van der Waals surface area contributed by atoms with Crippen molar-refractivity contribution in [1.29, 1.82) is 0 Å². The summed E-state index contributed by atoms with van der Waals surface area (Å²) in [5.41, 5.74) is 1.88. The van der Waals surface area contributed by atoms with Gasteiger partial charge < -0.3 is 4.74 Å². The molecular weight excluding hydrogens is 370 g/mol. The van der Waals surface area contributed by atoms with Gasteiger partial charge in [-0.2, -0.15) is 0 Å². The van der Waals surface area contributed by atoms with Crippen LogP contribution in [-0.4, -0.2) is 25.2 Å². The SMILES string of the molecule is CCOc1ccc(-c2cccc(NS(=O)(=O)c3ccc(CC)s3)c2)nn1. The second-order valence-electron chi connectivity index (χ2n) is 5.45. The molecule has 0 saturated carbocycles. The molecule has 0 bridgehead atoms. The van der Waals surface area contributed by atoms with Crippen molar-refractivity contribution >= 4 is 27.0 Å². The Kier molecular flexibility index (Phi) is 5.53. The zero-order chi connectivity index (χ0) is 18.6. The number of sulfonamides is 1. The minimum Gasteiger partial charge on any atom is -0.477 e. The Bertz CT molecular complexity index is 983. The molecule has 0 aliphatic carbocycles. The molecule has 0 atom stereocenters. The number of aryl methyl sites for hydroxylation is 1. The number of benzene rings is 1. The van der Waals surface area contributed by atoms with Crippen LogP contribution in [0.5, 0.6) is 5.88 Å². The maximum Gasteiger partial charge on any atom is 0.271 e. The number of nitrogens with zero attached hydrogens (tertiary/aromatic N) is 2. The van der Waals surface area contributed by atoms with Crippen molar-refractivity contribution < 1.29 is 13.2 Å². The third-order valence-corrected chi connectivity index (χ3v) is 6.70. The summed E-state index contributed by atoms with van der Waals surface area (Å²) in [5, 5.41) is 8.13. The molecule has 3 aromatic rings. The molecule has 2 aromatic heterocycles. The fourth-order valence-electron chi connectivity index (χ4n) is 2.34. The summed E-state index contributed by atoms with van der Waals surface area (Å²) in [6.07, 6.45) is 0.812. The fourth-order valence-corrected chi connectivity index (χ4v) is 4.68. The molecule has 0 aliphatic heterocycles. The molecule has 0 radical (unpaired) electrons. The molecular formula is C18H19N3O3S2. The van der Waals surface area contributed by atoms with Gasteiger partial charge in [0.2, 0.25) is 5.88 Å². The van der Waals surface area contributed by atoms with Gasteiger partial charge in [0, 0.05) is 22.2 Å². The van der Waals surface area contributed by atoms with E-state index in [1.165, 1.54) is 11.3 Å². The normalized spacial score (nSPS) is 11.3. The molecule has 0 amide bonds. The lowest BCUT2D eigenvalue weighted by atomic mass is 10.1. The molecule has 0 fully saturated rings. The van der Waals surface area contributed by atoms with E-state index in [0.717, 1.165) is 16.9 Å². The molecule has 0 spiro atoms. The van der Waals surface area contributed by atoms with Crippen molar-refractivity contribution in [2.45, 2.75) is 24.5 Å².